The summed E-state index contributed by atoms with van der Waals surface area (Å²) in [5, 5.41) is 5.83. The SMILES string of the molecule is CC(=O)Nc1cc(C(=O)NCC(c2ccccc2)N2CCOCC2)ccc1C. The highest BCUT2D eigenvalue weighted by Crippen LogP contribution is 2.22. The topological polar surface area (TPSA) is 70.7 Å². The van der Waals surface area contributed by atoms with Gasteiger partial charge in [-0.15, -0.1) is 0 Å². The first-order valence-corrected chi connectivity index (χ1v) is 9.58. The second kappa shape index (κ2) is 9.48. The molecule has 2 aromatic rings. The summed E-state index contributed by atoms with van der Waals surface area (Å²) in [6, 6.07) is 15.6. The molecule has 2 amide bonds. The number of anilines is 1. The number of carbonyl (C=O) groups excluding carboxylic acids is 2. The lowest BCUT2D eigenvalue weighted by Gasteiger charge is -2.35. The fourth-order valence-corrected chi connectivity index (χ4v) is 3.40. The van der Waals surface area contributed by atoms with Crippen LogP contribution in [0, 0.1) is 6.92 Å². The number of rotatable bonds is 6. The molecule has 2 N–H and O–H groups in total. The van der Waals surface area contributed by atoms with Gasteiger partial charge in [0, 0.05) is 37.8 Å². The Kier molecular flexibility index (Phi) is 6.79. The molecule has 1 aliphatic rings. The smallest absolute Gasteiger partial charge is 0.251 e. The van der Waals surface area contributed by atoms with Gasteiger partial charge in [0.1, 0.15) is 0 Å². The van der Waals surface area contributed by atoms with Gasteiger partial charge in [-0.05, 0) is 30.2 Å². The first kappa shape index (κ1) is 20.0. The van der Waals surface area contributed by atoms with E-state index in [9.17, 15) is 9.59 Å². The Labute approximate surface area is 165 Å². The number of nitrogens with zero attached hydrogens (tertiary/aromatic N) is 1. The third kappa shape index (κ3) is 5.18. The fourth-order valence-electron chi connectivity index (χ4n) is 3.40. The number of carbonyl (C=O) groups is 2. The summed E-state index contributed by atoms with van der Waals surface area (Å²) in [6.45, 7) is 6.95. The summed E-state index contributed by atoms with van der Waals surface area (Å²) < 4.78 is 5.47. The van der Waals surface area contributed by atoms with Crippen LogP contribution in [0.1, 0.15) is 34.5 Å². The number of morpholine rings is 1. The number of aryl methyl sites for hydroxylation is 1. The van der Waals surface area contributed by atoms with E-state index in [1.54, 1.807) is 12.1 Å². The van der Waals surface area contributed by atoms with Crippen molar-refractivity contribution in [2.24, 2.45) is 0 Å². The second-order valence-corrected chi connectivity index (χ2v) is 7.00. The molecule has 0 aromatic heterocycles. The van der Waals surface area contributed by atoms with Crippen LogP contribution in [0.4, 0.5) is 5.69 Å². The molecule has 0 bridgehead atoms. The van der Waals surface area contributed by atoms with Gasteiger partial charge in [0.15, 0.2) is 0 Å². The molecule has 6 nitrogen and oxygen atoms in total. The van der Waals surface area contributed by atoms with E-state index in [1.165, 1.54) is 12.5 Å². The van der Waals surface area contributed by atoms with Crippen LogP contribution >= 0.6 is 0 Å². The summed E-state index contributed by atoms with van der Waals surface area (Å²) in [4.78, 5) is 26.5. The monoisotopic (exact) mass is 381 g/mol. The van der Waals surface area contributed by atoms with Crippen LogP contribution in [0.5, 0.6) is 0 Å². The Hall–Kier alpha value is -2.70. The number of hydrogen-bond donors (Lipinski definition) is 2. The maximum Gasteiger partial charge on any atom is 0.251 e. The normalized spacial score (nSPS) is 15.6. The second-order valence-electron chi connectivity index (χ2n) is 7.00. The van der Waals surface area contributed by atoms with Crippen LogP contribution in [0.15, 0.2) is 48.5 Å². The Morgan fingerprint density at radius 2 is 1.82 bits per heavy atom. The van der Waals surface area contributed by atoms with Gasteiger partial charge in [0.25, 0.3) is 5.91 Å². The first-order chi connectivity index (χ1) is 13.5. The van der Waals surface area contributed by atoms with E-state index in [1.807, 2.05) is 31.2 Å². The van der Waals surface area contributed by atoms with Gasteiger partial charge in [-0.3, -0.25) is 14.5 Å². The standard InChI is InChI=1S/C22H27N3O3/c1-16-8-9-19(14-20(16)24-17(2)26)22(27)23-15-21(18-6-4-3-5-7-18)25-10-12-28-13-11-25/h3-9,14,21H,10-13,15H2,1-2H3,(H,23,27)(H,24,26). The van der Waals surface area contributed by atoms with Gasteiger partial charge in [0.2, 0.25) is 5.91 Å². The Bertz CT molecular complexity index is 817. The van der Waals surface area contributed by atoms with Gasteiger partial charge in [-0.1, -0.05) is 36.4 Å². The number of amides is 2. The van der Waals surface area contributed by atoms with E-state index in [-0.39, 0.29) is 17.9 Å². The van der Waals surface area contributed by atoms with Gasteiger partial charge < -0.3 is 15.4 Å². The average Bonchev–Trinajstić information content (AvgIpc) is 2.71. The van der Waals surface area contributed by atoms with Crippen LogP contribution < -0.4 is 10.6 Å². The van der Waals surface area contributed by atoms with E-state index < -0.39 is 0 Å². The molecule has 2 aromatic carbocycles. The van der Waals surface area contributed by atoms with Crippen LogP contribution in [0.25, 0.3) is 0 Å². The van der Waals surface area contributed by atoms with Crippen molar-refractivity contribution in [1.82, 2.24) is 10.2 Å². The molecule has 1 saturated heterocycles. The van der Waals surface area contributed by atoms with Crippen LogP contribution in [-0.4, -0.2) is 49.6 Å². The minimum Gasteiger partial charge on any atom is -0.379 e. The predicted molar refractivity (Wildman–Crippen MR) is 109 cm³/mol. The highest BCUT2D eigenvalue weighted by Gasteiger charge is 2.23. The fraction of sp³-hybridized carbons (Fsp3) is 0.364. The van der Waals surface area contributed by atoms with E-state index in [0.29, 0.717) is 31.0 Å². The highest BCUT2D eigenvalue weighted by molar-refractivity contribution is 5.97. The van der Waals surface area contributed by atoms with Crippen molar-refractivity contribution in [3.63, 3.8) is 0 Å². The van der Waals surface area contributed by atoms with E-state index in [0.717, 1.165) is 18.7 Å². The molecule has 6 heteroatoms. The highest BCUT2D eigenvalue weighted by atomic mass is 16.5. The number of ether oxygens (including phenoxy) is 1. The van der Waals surface area contributed by atoms with Crippen molar-refractivity contribution >= 4 is 17.5 Å². The van der Waals surface area contributed by atoms with Gasteiger partial charge in [-0.2, -0.15) is 0 Å². The molecule has 0 radical (unpaired) electrons. The van der Waals surface area contributed by atoms with Gasteiger partial charge in [0.05, 0.1) is 19.3 Å². The van der Waals surface area contributed by atoms with Gasteiger partial charge in [-0.25, -0.2) is 0 Å². The lowest BCUT2D eigenvalue weighted by Crippen LogP contribution is -2.43. The van der Waals surface area contributed by atoms with Crippen molar-refractivity contribution < 1.29 is 14.3 Å². The van der Waals surface area contributed by atoms with Crippen LogP contribution in [-0.2, 0) is 9.53 Å². The molecule has 1 atom stereocenters. The quantitative estimate of drug-likeness (QED) is 0.807. The molecule has 28 heavy (non-hydrogen) atoms. The lowest BCUT2D eigenvalue weighted by molar-refractivity contribution is -0.114. The molecule has 0 saturated carbocycles. The molecule has 0 spiro atoms. The summed E-state index contributed by atoms with van der Waals surface area (Å²) in [5.41, 5.74) is 3.28. The number of benzene rings is 2. The van der Waals surface area contributed by atoms with Crippen molar-refractivity contribution in [3.8, 4) is 0 Å². The number of nitrogens with one attached hydrogen (secondary N) is 2. The molecule has 1 unspecified atom stereocenters. The van der Waals surface area contributed by atoms with Crippen LogP contribution in [0.2, 0.25) is 0 Å². The number of hydrogen-bond acceptors (Lipinski definition) is 4. The van der Waals surface area contributed by atoms with E-state index in [2.05, 4.69) is 27.7 Å². The van der Waals surface area contributed by atoms with Crippen molar-refractivity contribution in [1.29, 1.82) is 0 Å². The molecular formula is C22H27N3O3. The first-order valence-electron chi connectivity index (χ1n) is 9.58. The van der Waals surface area contributed by atoms with Crippen molar-refractivity contribution in [2.45, 2.75) is 19.9 Å². The molecule has 148 valence electrons. The Balaban J connectivity index is 1.72. The minimum absolute atomic E-state index is 0.0920. The molecule has 3 rings (SSSR count). The Morgan fingerprint density at radius 1 is 1.11 bits per heavy atom. The lowest BCUT2D eigenvalue weighted by atomic mass is 10.0. The zero-order chi connectivity index (χ0) is 19.9. The van der Waals surface area contributed by atoms with Crippen LogP contribution in [0.3, 0.4) is 0 Å². The van der Waals surface area contributed by atoms with E-state index in [4.69, 9.17) is 4.74 Å². The molecular weight excluding hydrogens is 354 g/mol. The minimum atomic E-state index is -0.155. The molecule has 0 aliphatic carbocycles. The van der Waals surface area contributed by atoms with Crippen molar-refractivity contribution in [2.75, 3.05) is 38.2 Å². The average molecular weight is 381 g/mol. The third-order valence-electron chi connectivity index (χ3n) is 4.94. The maximum absolute atomic E-state index is 12.7. The largest absolute Gasteiger partial charge is 0.379 e. The summed E-state index contributed by atoms with van der Waals surface area (Å²) in [7, 11) is 0. The summed E-state index contributed by atoms with van der Waals surface area (Å²) in [5.74, 6) is -0.307. The van der Waals surface area contributed by atoms with Gasteiger partial charge >= 0.3 is 0 Å². The van der Waals surface area contributed by atoms with E-state index >= 15 is 0 Å². The van der Waals surface area contributed by atoms with Crippen molar-refractivity contribution in [3.05, 3.63) is 65.2 Å². The predicted octanol–water partition coefficient (Wildman–Crippen LogP) is 2.76. The third-order valence-corrected chi connectivity index (χ3v) is 4.94. The summed E-state index contributed by atoms with van der Waals surface area (Å²) >= 11 is 0. The molecule has 1 aliphatic heterocycles. The maximum atomic E-state index is 12.7. The Morgan fingerprint density at radius 3 is 2.50 bits per heavy atom. The molecule has 1 heterocycles. The molecule has 1 fully saturated rings. The zero-order valence-corrected chi connectivity index (χ0v) is 16.4. The zero-order valence-electron chi connectivity index (χ0n) is 16.4. The summed E-state index contributed by atoms with van der Waals surface area (Å²) in [6.07, 6.45) is 0.